The van der Waals surface area contributed by atoms with Crippen LogP contribution in [-0.2, 0) is 0 Å². The average molecular weight is 375 g/mol. The molecular weight excluding hydrogens is 350 g/mol. The summed E-state index contributed by atoms with van der Waals surface area (Å²) in [4.78, 5) is 19.7. The molecule has 144 valence electrons. The van der Waals surface area contributed by atoms with Crippen molar-refractivity contribution >= 4 is 5.91 Å². The lowest BCUT2D eigenvalue weighted by atomic mass is 10.1. The van der Waals surface area contributed by atoms with Crippen molar-refractivity contribution in [3.8, 4) is 11.5 Å². The first kappa shape index (κ1) is 18.4. The average Bonchev–Trinajstić information content (AvgIpc) is 3.40. The van der Waals surface area contributed by atoms with Crippen molar-refractivity contribution < 1.29 is 9.21 Å². The molecule has 2 heterocycles. The van der Waals surface area contributed by atoms with Gasteiger partial charge in [-0.3, -0.25) is 9.69 Å². The molecular formula is C23H25N3O2. The fourth-order valence-corrected chi connectivity index (χ4v) is 3.77. The number of nitrogens with one attached hydrogen (secondary N) is 1. The van der Waals surface area contributed by atoms with Crippen LogP contribution in [0.25, 0.3) is 11.5 Å². The second-order valence-electron chi connectivity index (χ2n) is 7.17. The second kappa shape index (κ2) is 8.40. The highest BCUT2D eigenvalue weighted by Gasteiger charge is 2.25. The van der Waals surface area contributed by atoms with E-state index >= 15 is 0 Å². The lowest BCUT2D eigenvalue weighted by Crippen LogP contribution is -2.37. The first-order chi connectivity index (χ1) is 13.7. The molecule has 1 N–H and O–H groups in total. The maximum absolute atomic E-state index is 12.8. The van der Waals surface area contributed by atoms with E-state index in [1.165, 1.54) is 18.4 Å². The third-order valence-corrected chi connectivity index (χ3v) is 5.25. The number of carbonyl (C=O) groups is 1. The summed E-state index contributed by atoms with van der Waals surface area (Å²) >= 11 is 0. The van der Waals surface area contributed by atoms with E-state index < -0.39 is 0 Å². The Hall–Kier alpha value is -2.92. The fourth-order valence-electron chi connectivity index (χ4n) is 3.77. The number of aryl methyl sites for hydroxylation is 1. The van der Waals surface area contributed by atoms with E-state index in [2.05, 4.69) is 27.3 Å². The van der Waals surface area contributed by atoms with Crippen molar-refractivity contribution in [1.29, 1.82) is 0 Å². The van der Waals surface area contributed by atoms with Crippen LogP contribution in [-0.4, -0.2) is 35.4 Å². The third kappa shape index (κ3) is 3.99. The highest BCUT2D eigenvalue weighted by Crippen LogP contribution is 2.25. The molecule has 28 heavy (non-hydrogen) atoms. The molecule has 1 aromatic heterocycles. The number of nitrogens with zero attached hydrogens (tertiary/aromatic N) is 2. The van der Waals surface area contributed by atoms with Gasteiger partial charge in [-0.1, -0.05) is 48.5 Å². The molecule has 3 aromatic rings. The minimum atomic E-state index is -0.191. The molecule has 0 aliphatic carbocycles. The second-order valence-corrected chi connectivity index (χ2v) is 7.17. The zero-order valence-corrected chi connectivity index (χ0v) is 16.1. The Kier molecular flexibility index (Phi) is 5.53. The van der Waals surface area contributed by atoms with Crippen LogP contribution in [0.1, 0.15) is 40.7 Å². The van der Waals surface area contributed by atoms with Crippen molar-refractivity contribution in [3.63, 3.8) is 0 Å². The highest BCUT2D eigenvalue weighted by atomic mass is 16.4. The van der Waals surface area contributed by atoms with Crippen LogP contribution in [0.15, 0.2) is 65.1 Å². The molecule has 4 rings (SSSR count). The maximum atomic E-state index is 12.8. The van der Waals surface area contributed by atoms with Crippen molar-refractivity contribution in [2.45, 2.75) is 25.8 Å². The minimum Gasteiger partial charge on any atom is -0.441 e. The molecule has 0 bridgehead atoms. The molecule has 5 nitrogen and oxygen atoms in total. The number of amides is 1. The van der Waals surface area contributed by atoms with Gasteiger partial charge in [0.1, 0.15) is 5.76 Å². The summed E-state index contributed by atoms with van der Waals surface area (Å²) in [7, 11) is 0. The molecule has 1 aliphatic heterocycles. The number of hydrogen-bond donors (Lipinski definition) is 1. The predicted molar refractivity (Wildman–Crippen MR) is 109 cm³/mol. The number of carbonyl (C=O) groups excluding carboxylic acids is 1. The number of likely N-dealkylation sites (tertiary alicyclic amines) is 1. The highest BCUT2D eigenvalue weighted by molar-refractivity contribution is 5.93. The van der Waals surface area contributed by atoms with Gasteiger partial charge in [-0.25, -0.2) is 4.98 Å². The molecule has 0 spiro atoms. The smallest absolute Gasteiger partial charge is 0.273 e. The lowest BCUT2D eigenvalue weighted by Gasteiger charge is -2.28. The number of oxazole rings is 1. The molecule has 0 unspecified atom stereocenters. The topological polar surface area (TPSA) is 58.4 Å². The maximum Gasteiger partial charge on any atom is 0.273 e. The summed E-state index contributed by atoms with van der Waals surface area (Å²) in [5.74, 6) is 0.819. The molecule has 1 amide bonds. The standard InChI is InChI=1S/C23H25N3O2/c1-17-21(25-23(28-17)19-12-6-3-7-13-19)22(27)24-16-20(26-14-8-9-15-26)18-10-4-2-5-11-18/h2-7,10-13,20H,8-9,14-16H2,1H3,(H,24,27)/t20-/m0/s1. The summed E-state index contributed by atoms with van der Waals surface area (Å²) < 4.78 is 5.73. The van der Waals surface area contributed by atoms with E-state index in [0.29, 0.717) is 23.9 Å². The lowest BCUT2D eigenvalue weighted by molar-refractivity contribution is 0.0932. The molecule has 1 saturated heterocycles. The van der Waals surface area contributed by atoms with Crippen LogP contribution < -0.4 is 5.32 Å². The van der Waals surface area contributed by atoms with Gasteiger partial charge < -0.3 is 9.73 Å². The van der Waals surface area contributed by atoms with E-state index in [9.17, 15) is 4.79 Å². The third-order valence-electron chi connectivity index (χ3n) is 5.25. The van der Waals surface area contributed by atoms with Gasteiger partial charge in [-0.2, -0.15) is 0 Å². The Bertz CT molecular complexity index is 916. The van der Waals surface area contributed by atoms with Crippen LogP contribution in [0.2, 0.25) is 0 Å². The van der Waals surface area contributed by atoms with E-state index in [1.54, 1.807) is 6.92 Å². The largest absolute Gasteiger partial charge is 0.441 e. The number of hydrogen-bond acceptors (Lipinski definition) is 4. The fraction of sp³-hybridized carbons (Fsp3) is 0.304. The predicted octanol–water partition coefficient (Wildman–Crippen LogP) is 4.22. The molecule has 1 atom stereocenters. The summed E-state index contributed by atoms with van der Waals surface area (Å²) in [6, 6.07) is 20.2. The molecule has 1 fully saturated rings. The summed E-state index contributed by atoms with van der Waals surface area (Å²) in [6.07, 6.45) is 2.42. The van der Waals surface area contributed by atoms with Gasteiger partial charge in [0.2, 0.25) is 5.89 Å². The van der Waals surface area contributed by atoms with Gasteiger partial charge in [-0.05, 0) is 50.6 Å². The van der Waals surface area contributed by atoms with Crippen LogP contribution in [0.3, 0.4) is 0 Å². The first-order valence-corrected chi connectivity index (χ1v) is 9.82. The SMILES string of the molecule is Cc1oc(-c2ccccc2)nc1C(=O)NC[C@@H](c1ccccc1)N1CCCC1. The van der Waals surface area contributed by atoms with Crippen molar-refractivity contribution in [2.24, 2.45) is 0 Å². The van der Waals surface area contributed by atoms with E-state index in [1.807, 2.05) is 48.5 Å². The van der Waals surface area contributed by atoms with Gasteiger partial charge in [0, 0.05) is 12.1 Å². The normalized spacial score (nSPS) is 15.5. The van der Waals surface area contributed by atoms with Gasteiger partial charge in [0.05, 0.1) is 6.04 Å². The van der Waals surface area contributed by atoms with Crippen LogP contribution in [0, 0.1) is 6.92 Å². The zero-order valence-electron chi connectivity index (χ0n) is 16.1. The van der Waals surface area contributed by atoms with Crippen molar-refractivity contribution in [2.75, 3.05) is 19.6 Å². The Morgan fingerprint density at radius 2 is 1.71 bits per heavy atom. The van der Waals surface area contributed by atoms with E-state index in [4.69, 9.17) is 4.42 Å². The summed E-state index contributed by atoms with van der Waals surface area (Å²) in [5, 5.41) is 3.08. The molecule has 2 aromatic carbocycles. The van der Waals surface area contributed by atoms with Crippen LogP contribution in [0.5, 0.6) is 0 Å². The Morgan fingerprint density at radius 1 is 1.07 bits per heavy atom. The Balaban J connectivity index is 1.49. The van der Waals surface area contributed by atoms with E-state index in [-0.39, 0.29) is 11.9 Å². The quantitative estimate of drug-likeness (QED) is 0.701. The zero-order chi connectivity index (χ0) is 19.3. The van der Waals surface area contributed by atoms with Gasteiger partial charge >= 0.3 is 0 Å². The van der Waals surface area contributed by atoms with E-state index in [0.717, 1.165) is 18.7 Å². The van der Waals surface area contributed by atoms with Crippen molar-refractivity contribution in [1.82, 2.24) is 15.2 Å². The molecule has 0 saturated carbocycles. The van der Waals surface area contributed by atoms with Gasteiger partial charge in [0.15, 0.2) is 5.69 Å². The monoisotopic (exact) mass is 375 g/mol. The Labute approximate surface area is 165 Å². The number of benzene rings is 2. The molecule has 1 aliphatic rings. The first-order valence-electron chi connectivity index (χ1n) is 9.82. The Morgan fingerprint density at radius 3 is 2.39 bits per heavy atom. The van der Waals surface area contributed by atoms with Gasteiger partial charge in [0.25, 0.3) is 5.91 Å². The van der Waals surface area contributed by atoms with Gasteiger partial charge in [-0.15, -0.1) is 0 Å². The molecule has 0 radical (unpaired) electrons. The molecule has 5 heteroatoms. The summed E-state index contributed by atoms with van der Waals surface area (Å²) in [6.45, 7) is 4.46. The van der Waals surface area contributed by atoms with Crippen LogP contribution in [0.4, 0.5) is 0 Å². The summed E-state index contributed by atoms with van der Waals surface area (Å²) in [5.41, 5.74) is 2.45. The number of rotatable bonds is 6. The van der Waals surface area contributed by atoms with Crippen LogP contribution >= 0.6 is 0 Å². The number of aromatic nitrogens is 1. The van der Waals surface area contributed by atoms with Crippen molar-refractivity contribution in [3.05, 3.63) is 77.7 Å². The minimum absolute atomic E-state index is 0.174.